The van der Waals surface area contributed by atoms with Crippen molar-refractivity contribution < 1.29 is 4.79 Å². The van der Waals surface area contributed by atoms with Gasteiger partial charge in [0.2, 0.25) is 5.91 Å². The number of nitrogens with one attached hydrogen (secondary N) is 2. The van der Waals surface area contributed by atoms with Crippen LogP contribution in [0.5, 0.6) is 0 Å². The molecule has 19 heavy (non-hydrogen) atoms. The third kappa shape index (κ3) is 6.29. The lowest BCUT2D eigenvalue weighted by Crippen LogP contribution is -2.34. The molecule has 0 aliphatic carbocycles. The molecular formula is C13H18IN3OS. The van der Waals surface area contributed by atoms with E-state index < -0.39 is 0 Å². The molecule has 0 saturated carbocycles. The second-order valence-electron chi connectivity index (χ2n) is 4.28. The minimum Gasteiger partial charge on any atom is -0.317 e. The van der Waals surface area contributed by atoms with Crippen LogP contribution >= 0.6 is 34.8 Å². The van der Waals surface area contributed by atoms with E-state index >= 15 is 0 Å². The number of unbranched alkanes of at least 4 members (excludes halogenated alkanes) is 2. The summed E-state index contributed by atoms with van der Waals surface area (Å²) >= 11 is 7.30. The molecule has 0 aromatic carbocycles. The van der Waals surface area contributed by atoms with Gasteiger partial charge in [-0.1, -0.05) is 19.8 Å². The number of carbonyl (C=O) groups excluding carboxylic acids is 1. The van der Waals surface area contributed by atoms with Crippen molar-refractivity contribution in [3.8, 4) is 0 Å². The molecule has 0 bridgehead atoms. The van der Waals surface area contributed by atoms with Gasteiger partial charge in [0.1, 0.15) is 5.82 Å². The number of anilines is 1. The SMILES string of the molecule is CCCCCC(=O)NC(=S)Nc1ncc(I)cc1C. The number of carbonyl (C=O) groups is 1. The highest BCUT2D eigenvalue weighted by Crippen LogP contribution is 2.13. The minimum atomic E-state index is -0.0471. The summed E-state index contributed by atoms with van der Waals surface area (Å²) in [4.78, 5) is 15.8. The molecule has 1 amide bonds. The zero-order chi connectivity index (χ0) is 14.3. The minimum absolute atomic E-state index is 0.0471. The number of hydrogen-bond acceptors (Lipinski definition) is 3. The van der Waals surface area contributed by atoms with Crippen LogP contribution in [0.25, 0.3) is 0 Å². The van der Waals surface area contributed by atoms with Gasteiger partial charge in [0.15, 0.2) is 5.11 Å². The average molecular weight is 391 g/mol. The Morgan fingerprint density at radius 2 is 2.21 bits per heavy atom. The number of aromatic nitrogens is 1. The van der Waals surface area contributed by atoms with Crippen LogP contribution in [-0.4, -0.2) is 16.0 Å². The first-order chi connectivity index (χ1) is 9.02. The van der Waals surface area contributed by atoms with Gasteiger partial charge >= 0.3 is 0 Å². The molecule has 1 aromatic heterocycles. The van der Waals surface area contributed by atoms with Crippen LogP contribution < -0.4 is 10.6 Å². The number of halogens is 1. The number of aryl methyl sites for hydroxylation is 1. The topological polar surface area (TPSA) is 54.0 Å². The number of thiocarbonyl (C=S) groups is 1. The summed E-state index contributed by atoms with van der Waals surface area (Å²) in [5, 5.41) is 5.92. The standard InChI is InChI=1S/C13H18IN3OS/c1-3-4-5-6-11(18)16-13(19)17-12-9(2)7-10(14)8-15-12/h7-8H,3-6H2,1-2H3,(H2,15,16,17,18,19). The van der Waals surface area contributed by atoms with Gasteiger partial charge in [0.05, 0.1) is 0 Å². The first kappa shape index (κ1) is 16.3. The lowest BCUT2D eigenvalue weighted by atomic mass is 10.2. The molecule has 1 aromatic rings. The molecule has 1 rings (SSSR count). The van der Waals surface area contributed by atoms with Crippen LogP contribution in [0.15, 0.2) is 12.3 Å². The highest BCUT2D eigenvalue weighted by molar-refractivity contribution is 14.1. The quantitative estimate of drug-likeness (QED) is 0.459. The molecule has 0 atom stereocenters. The summed E-state index contributed by atoms with van der Waals surface area (Å²) in [6, 6.07) is 2.00. The van der Waals surface area contributed by atoms with E-state index in [1.165, 1.54) is 0 Å². The largest absolute Gasteiger partial charge is 0.317 e. The molecule has 6 heteroatoms. The van der Waals surface area contributed by atoms with Crippen molar-refractivity contribution >= 4 is 51.6 Å². The highest BCUT2D eigenvalue weighted by atomic mass is 127. The molecule has 4 nitrogen and oxygen atoms in total. The fourth-order valence-electron chi connectivity index (χ4n) is 1.53. The first-order valence-corrected chi connectivity index (χ1v) is 7.74. The fraction of sp³-hybridized carbons (Fsp3) is 0.462. The Kier molecular flexibility index (Phi) is 7.22. The van der Waals surface area contributed by atoms with Gasteiger partial charge in [0.25, 0.3) is 0 Å². The molecular weight excluding hydrogens is 373 g/mol. The van der Waals surface area contributed by atoms with Crippen LogP contribution in [0.2, 0.25) is 0 Å². The second-order valence-corrected chi connectivity index (χ2v) is 5.93. The zero-order valence-electron chi connectivity index (χ0n) is 11.1. The third-order valence-electron chi connectivity index (χ3n) is 2.54. The van der Waals surface area contributed by atoms with Crippen LogP contribution in [-0.2, 0) is 4.79 Å². The molecule has 0 unspecified atom stereocenters. The number of hydrogen-bond donors (Lipinski definition) is 2. The molecule has 2 N–H and O–H groups in total. The normalized spacial score (nSPS) is 10.1. The summed E-state index contributed by atoms with van der Waals surface area (Å²) in [6.07, 6.45) is 5.31. The third-order valence-corrected chi connectivity index (χ3v) is 3.33. The zero-order valence-corrected chi connectivity index (χ0v) is 14.1. The summed E-state index contributed by atoms with van der Waals surface area (Å²) in [5.74, 6) is 0.633. The van der Waals surface area contributed by atoms with Crippen molar-refractivity contribution in [1.82, 2.24) is 10.3 Å². The molecule has 104 valence electrons. The first-order valence-electron chi connectivity index (χ1n) is 6.26. The van der Waals surface area contributed by atoms with E-state index in [1.54, 1.807) is 6.20 Å². The molecule has 0 saturated heterocycles. The Morgan fingerprint density at radius 3 is 2.84 bits per heavy atom. The Balaban J connectivity index is 2.44. The Morgan fingerprint density at radius 1 is 1.47 bits per heavy atom. The van der Waals surface area contributed by atoms with E-state index in [0.29, 0.717) is 17.4 Å². The lowest BCUT2D eigenvalue weighted by Gasteiger charge is -2.10. The molecule has 0 aliphatic heterocycles. The van der Waals surface area contributed by atoms with Crippen molar-refractivity contribution in [1.29, 1.82) is 0 Å². The van der Waals surface area contributed by atoms with Crippen LogP contribution in [0, 0.1) is 10.5 Å². The van der Waals surface area contributed by atoms with Gasteiger partial charge in [-0.15, -0.1) is 0 Å². The van der Waals surface area contributed by atoms with E-state index in [9.17, 15) is 4.79 Å². The van der Waals surface area contributed by atoms with Crippen molar-refractivity contribution in [3.05, 3.63) is 21.4 Å². The smallest absolute Gasteiger partial charge is 0.226 e. The van der Waals surface area contributed by atoms with Crippen LogP contribution in [0.4, 0.5) is 5.82 Å². The summed E-state index contributed by atoms with van der Waals surface area (Å²) in [6.45, 7) is 4.05. The van der Waals surface area contributed by atoms with E-state index in [-0.39, 0.29) is 5.91 Å². The summed E-state index contributed by atoms with van der Waals surface area (Å²) in [7, 11) is 0. The van der Waals surface area contributed by atoms with Gasteiger partial charge in [-0.05, 0) is 59.8 Å². The molecule has 0 aliphatic rings. The number of rotatable bonds is 5. The van der Waals surface area contributed by atoms with E-state index in [4.69, 9.17) is 12.2 Å². The lowest BCUT2D eigenvalue weighted by molar-refractivity contribution is -0.119. The van der Waals surface area contributed by atoms with Crippen molar-refractivity contribution in [2.24, 2.45) is 0 Å². The molecule has 1 heterocycles. The number of nitrogens with zero attached hydrogens (tertiary/aromatic N) is 1. The number of pyridine rings is 1. The second kappa shape index (κ2) is 8.42. The molecule has 0 fully saturated rings. The Hall–Kier alpha value is -0.760. The van der Waals surface area contributed by atoms with Crippen molar-refractivity contribution in [3.63, 3.8) is 0 Å². The van der Waals surface area contributed by atoms with E-state index in [0.717, 1.165) is 28.4 Å². The maximum absolute atomic E-state index is 11.6. The van der Waals surface area contributed by atoms with Crippen LogP contribution in [0.3, 0.4) is 0 Å². The predicted molar refractivity (Wildman–Crippen MR) is 90.2 cm³/mol. The van der Waals surface area contributed by atoms with Gasteiger partial charge in [0, 0.05) is 16.2 Å². The molecule has 0 spiro atoms. The van der Waals surface area contributed by atoms with Gasteiger partial charge in [-0.3, -0.25) is 4.79 Å². The van der Waals surface area contributed by atoms with Crippen molar-refractivity contribution in [2.45, 2.75) is 39.5 Å². The number of amides is 1. The maximum atomic E-state index is 11.6. The van der Waals surface area contributed by atoms with E-state index in [1.807, 2.05) is 13.0 Å². The molecule has 0 radical (unpaired) electrons. The average Bonchev–Trinajstić information content (AvgIpc) is 2.33. The van der Waals surface area contributed by atoms with E-state index in [2.05, 4.69) is 45.1 Å². The van der Waals surface area contributed by atoms with Gasteiger partial charge < -0.3 is 10.6 Å². The Bertz CT molecular complexity index is 465. The summed E-state index contributed by atoms with van der Waals surface area (Å²) < 4.78 is 1.06. The fourth-order valence-corrected chi connectivity index (χ4v) is 2.35. The predicted octanol–water partition coefficient (Wildman–Crippen LogP) is 3.39. The highest BCUT2D eigenvalue weighted by Gasteiger charge is 2.07. The Labute approximate surface area is 132 Å². The van der Waals surface area contributed by atoms with Gasteiger partial charge in [-0.2, -0.15) is 0 Å². The maximum Gasteiger partial charge on any atom is 0.226 e. The van der Waals surface area contributed by atoms with Crippen molar-refractivity contribution in [2.75, 3.05) is 5.32 Å². The summed E-state index contributed by atoms with van der Waals surface area (Å²) in [5.41, 5.74) is 0.995. The van der Waals surface area contributed by atoms with Crippen LogP contribution in [0.1, 0.15) is 38.2 Å². The monoisotopic (exact) mass is 391 g/mol. The van der Waals surface area contributed by atoms with Gasteiger partial charge in [-0.25, -0.2) is 4.98 Å².